The van der Waals surface area contributed by atoms with Crippen LogP contribution in [0.1, 0.15) is 38.4 Å². The molecular weight excluding hydrogens is 226 g/mol. The van der Waals surface area contributed by atoms with E-state index in [0.29, 0.717) is 5.82 Å². The molecule has 0 aliphatic rings. The molecule has 0 aliphatic carbocycles. The number of aromatic nitrogens is 3. The van der Waals surface area contributed by atoms with Gasteiger partial charge in [0, 0.05) is 16.6 Å². The van der Waals surface area contributed by atoms with Crippen molar-refractivity contribution in [2.75, 3.05) is 0 Å². The molecule has 80 valence electrons. The topological polar surface area (TPSA) is 75.7 Å². The van der Waals surface area contributed by atoms with Crippen molar-refractivity contribution in [3.8, 4) is 0 Å². The predicted molar refractivity (Wildman–Crippen MR) is 52.7 cm³/mol. The van der Waals surface area contributed by atoms with Crippen molar-refractivity contribution < 1.29 is 8.42 Å². The van der Waals surface area contributed by atoms with Gasteiger partial charge in [-0.15, -0.1) is 5.10 Å². The lowest BCUT2D eigenvalue weighted by Crippen LogP contribution is -1.97. The summed E-state index contributed by atoms with van der Waals surface area (Å²) < 4.78 is 21.7. The summed E-state index contributed by atoms with van der Waals surface area (Å²) in [5.74, 6) is 0.728. The third-order valence-corrected chi connectivity index (χ3v) is 2.92. The molecule has 1 unspecified atom stereocenters. The molecule has 5 nitrogen and oxygen atoms in total. The minimum atomic E-state index is -3.81. The van der Waals surface area contributed by atoms with E-state index in [1.165, 1.54) is 0 Å². The van der Waals surface area contributed by atoms with Gasteiger partial charge < -0.3 is 0 Å². The van der Waals surface area contributed by atoms with Gasteiger partial charge in [-0.2, -0.15) is 0 Å². The Balaban J connectivity index is 2.88. The molecule has 0 fully saturated rings. The van der Waals surface area contributed by atoms with Gasteiger partial charge >= 0.3 is 0 Å². The highest BCUT2D eigenvalue weighted by Gasteiger charge is 2.18. The van der Waals surface area contributed by atoms with Crippen molar-refractivity contribution in [1.82, 2.24) is 15.2 Å². The van der Waals surface area contributed by atoms with Gasteiger partial charge in [0.1, 0.15) is 5.82 Å². The van der Waals surface area contributed by atoms with Gasteiger partial charge in [0.25, 0.3) is 14.2 Å². The van der Waals surface area contributed by atoms with Gasteiger partial charge in [0.05, 0.1) is 0 Å². The Morgan fingerprint density at radius 1 is 1.57 bits per heavy atom. The van der Waals surface area contributed by atoms with Crippen LogP contribution in [-0.2, 0) is 9.05 Å². The first-order valence-electron chi connectivity index (χ1n) is 4.32. The molecule has 1 N–H and O–H groups in total. The molecule has 1 aromatic heterocycles. The average molecular weight is 238 g/mol. The third kappa shape index (κ3) is 2.68. The van der Waals surface area contributed by atoms with Gasteiger partial charge in [-0.3, -0.25) is 5.10 Å². The Morgan fingerprint density at radius 2 is 2.21 bits per heavy atom. The van der Waals surface area contributed by atoms with E-state index in [4.69, 9.17) is 10.7 Å². The lowest BCUT2D eigenvalue weighted by atomic mass is 10.1. The van der Waals surface area contributed by atoms with Crippen molar-refractivity contribution in [3.63, 3.8) is 0 Å². The number of nitrogens with zero attached hydrogens (tertiary/aromatic N) is 2. The number of hydrogen-bond donors (Lipinski definition) is 1. The molecule has 14 heavy (non-hydrogen) atoms. The van der Waals surface area contributed by atoms with Crippen LogP contribution in [0.5, 0.6) is 0 Å². The van der Waals surface area contributed by atoms with Gasteiger partial charge in [-0.05, 0) is 6.42 Å². The molecule has 1 atom stereocenters. The number of hydrogen-bond acceptors (Lipinski definition) is 4. The predicted octanol–water partition coefficient (Wildman–Crippen LogP) is 1.64. The third-order valence-electron chi connectivity index (χ3n) is 1.89. The SMILES string of the molecule is CCCC(C)c1nc(S(=O)(=O)Cl)n[nH]1. The molecule has 1 rings (SSSR count). The molecule has 0 saturated heterocycles. The highest BCUT2D eigenvalue weighted by molar-refractivity contribution is 8.13. The number of rotatable bonds is 4. The average Bonchev–Trinajstić information content (AvgIpc) is 2.51. The van der Waals surface area contributed by atoms with E-state index in [2.05, 4.69) is 15.2 Å². The summed E-state index contributed by atoms with van der Waals surface area (Å²) in [6.07, 6.45) is 1.93. The summed E-state index contributed by atoms with van der Waals surface area (Å²) in [6.45, 7) is 4.00. The number of nitrogens with one attached hydrogen (secondary N) is 1. The van der Waals surface area contributed by atoms with E-state index in [1.807, 2.05) is 13.8 Å². The van der Waals surface area contributed by atoms with E-state index in [0.717, 1.165) is 12.8 Å². The first-order chi connectivity index (χ1) is 6.45. The number of H-pyrrole nitrogens is 1. The highest BCUT2D eigenvalue weighted by atomic mass is 35.7. The zero-order chi connectivity index (χ0) is 10.8. The quantitative estimate of drug-likeness (QED) is 0.808. The maximum Gasteiger partial charge on any atom is 0.298 e. The minimum absolute atomic E-state index is 0.166. The summed E-state index contributed by atoms with van der Waals surface area (Å²) in [5.41, 5.74) is 0. The van der Waals surface area contributed by atoms with E-state index < -0.39 is 9.05 Å². The highest BCUT2D eigenvalue weighted by Crippen LogP contribution is 2.18. The van der Waals surface area contributed by atoms with Crippen LogP contribution in [-0.4, -0.2) is 23.6 Å². The summed E-state index contributed by atoms with van der Waals surface area (Å²) in [4.78, 5) is 3.81. The van der Waals surface area contributed by atoms with Crippen LogP contribution in [0.25, 0.3) is 0 Å². The summed E-state index contributed by atoms with van der Waals surface area (Å²) >= 11 is 0. The van der Waals surface area contributed by atoms with E-state index in [1.54, 1.807) is 0 Å². The fourth-order valence-corrected chi connectivity index (χ4v) is 1.73. The van der Waals surface area contributed by atoms with Crippen molar-refractivity contribution >= 4 is 19.7 Å². The molecule has 0 bridgehead atoms. The smallest absolute Gasteiger partial charge is 0.262 e. The standard InChI is InChI=1S/C7H12ClN3O2S/c1-3-4-5(2)6-9-7(11-10-6)14(8,12)13/h5H,3-4H2,1-2H3,(H,9,10,11). The van der Waals surface area contributed by atoms with Gasteiger partial charge in [0.2, 0.25) is 0 Å². The van der Waals surface area contributed by atoms with E-state index in [-0.39, 0.29) is 11.1 Å². The zero-order valence-corrected chi connectivity index (χ0v) is 9.56. The maximum atomic E-state index is 10.8. The molecule has 0 radical (unpaired) electrons. The molecule has 0 amide bonds. The van der Waals surface area contributed by atoms with Gasteiger partial charge in [-0.25, -0.2) is 13.4 Å². The largest absolute Gasteiger partial charge is 0.298 e. The van der Waals surface area contributed by atoms with Crippen molar-refractivity contribution in [1.29, 1.82) is 0 Å². The van der Waals surface area contributed by atoms with Gasteiger partial charge in [-0.1, -0.05) is 20.3 Å². The minimum Gasteiger partial charge on any atom is -0.262 e. The second-order valence-corrected chi connectivity index (χ2v) is 5.59. The molecule has 7 heteroatoms. The second-order valence-electron chi connectivity index (χ2n) is 3.13. The van der Waals surface area contributed by atoms with E-state index in [9.17, 15) is 8.42 Å². The van der Waals surface area contributed by atoms with Crippen LogP contribution in [0.2, 0.25) is 0 Å². The monoisotopic (exact) mass is 237 g/mol. The van der Waals surface area contributed by atoms with Crippen LogP contribution in [0.3, 0.4) is 0 Å². The normalized spacial score (nSPS) is 14.2. The van der Waals surface area contributed by atoms with Crippen molar-refractivity contribution in [3.05, 3.63) is 5.82 Å². The van der Waals surface area contributed by atoms with Crippen molar-refractivity contribution in [2.24, 2.45) is 0 Å². The van der Waals surface area contributed by atoms with E-state index >= 15 is 0 Å². The first-order valence-corrected chi connectivity index (χ1v) is 6.63. The molecule has 0 spiro atoms. The Labute approximate surface area is 87.3 Å². The number of aromatic amines is 1. The van der Waals surface area contributed by atoms with Crippen molar-refractivity contribution in [2.45, 2.75) is 37.8 Å². The Kier molecular flexibility index (Phi) is 3.49. The summed E-state index contributed by atoms with van der Waals surface area (Å²) in [6, 6.07) is 0. The molecule has 0 aromatic carbocycles. The molecule has 1 aromatic rings. The summed E-state index contributed by atoms with van der Waals surface area (Å²) in [5, 5.41) is 5.76. The van der Waals surface area contributed by atoms with Crippen LogP contribution in [0.4, 0.5) is 0 Å². The summed E-state index contributed by atoms with van der Waals surface area (Å²) in [7, 11) is 1.27. The maximum absolute atomic E-state index is 10.8. The Bertz CT molecular complexity index is 401. The molecule has 0 aliphatic heterocycles. The molecule has 1 heterocycles. The lowest BCUT2D eigenvalue weighted by Gasteiger charge is -2.03. The fourth-order valence-electron chi connectivity index (χ4n) is 1.16. The van der Waals surface area contributed by atoms with Crippen LogP contribution >= 0.6 is 10.7 Å². The zero-order valence-electron chi connectivity index (χ0n) is 7.99. The Morgan fingerprint density at radius 3 is 2.64 bits per heavy atom. The molecular formula is C7H12ClN3O2S. The fraction of sp³-hybridized carbons (Fsp3) is 0.714. The Hall–Kier alpha value is -0.620. The van der Waals surface area contributed by atoms with Gasteiger partial charge in [0.15, 0.2) is 0 Å². The van der Waals surface area contributed by atoms with Crippen LogP contribution < -0.4 is 0 Å². The first kappa shape index (κ1) is 11.5. The molecule has 0 saturated carbocycles. The van der Waals surface area contributed by atoms with Crippen LogP contribution in [0, 0.1) is 0 Å². The lowest BCUT2D eigenvalue weighted by molar-refractivity contribution is 0.600. The van der Waals surface area contributed by atoms with Crippen LogP contribution in [0.15, 0.2) is 5.16 Å². The number of halogens is 1. The second kappa shape index (κ2) is 4.27.